The van der Waals surface area contributed by atoms with Crippen molar-refractivity contribution in [3.63, 3.8) is 0 Å². The third kappa shape index (κ3) is 2.69. The molecule has 18 heavy (non-hydrogen) atoms. The molecule has 0 aliphatic carbocycles. The van der Waals surface area contributed by atoms with Crippen LogP contribution in [0.1, 0.15) is 12.8 Å². The Kier molecular flexibility index (Phi) is 3.68. The van der Waals surface area contributed by atoms with E-state index in [-0.39, 0.29) is 9.79 Å². The van der Waals surface area contributed by atoms with Crippen molar-refractivity contribution in [3.8, 4) is 0 Å². The molecule has 0 saturated carbocycles. The highest BCUT2D eigenvalue weighted by molar-refractivity contribution is 8.13. The average Bonchev–Trinajstić information content (AvgIpc) is 2.82. The summed E-state index contributed by atoms with van der Waals surface area (Å²) in [4.78, 5) is -0.240. The van der Waals surface area contributed by atoms with E-state index in [1.807, 2.05) is 0 Å². The highest BCUT2D eigenvalue weighted by Gasteiger charge is 2.27. The minimum absolute atomic E-state index is 0.0360. The number of sulfonamides is 1. The number of hydrogen-bond acceptors (Lipinski definition) is 4. The second-order valence-corrected chi connectivity index (χ2v) is 8.53. The molecule has 0 unspecified atom stereocenters. The van der Waals surface area contributed by atoms with Crippen LogP contribution in [0.4, 0.5) is 0 Å². The molecule has 100 valence electrons. The largest absolute Gasteiger partial charge is 0.261 e. The Labute approximate surface area is 111 Å². The van der Waals surface area contributed by atoms with Crippen molar-refractivity contribution in [3.05, 3.63) is 24.3 Å². The van der Waals surface area contributed by atoms with Crippen LogP contribution in [0.15, 0.2) is 34.1 Å². The van der Waals surface area contributed by atoms with E-state index in [1.54, 1.807) is 0 Å². The molecule has 1 aromatic rings. The molecule has 0 aromatic heterocycles. The number of nitrogens with zero attached hydrogens (tertiary/aromatic N) is 1. The second kappa shape index (κ2) is 4.80. The van der Waals surface area contributed by atoms with Gasteiger partial charge in [0.15, 0.2) is 0 Å². The van der Waals surface area contributed by atoms with E-state index in [4.69, 9.17) is 10.7 Å². The summed E-state index contributed by atoms with van der Waals surface area (Å²) in [6, 6.07) is 5.11. The second-order valence-electron chi connectivity index (χ2n) is 4.02. The van der Waals surface area contributed by atoms with Gasteiger partial charge < -0.3 is 0 Å². The Bertz CT molecular complexity index is 648. The van der Waals surface area contributed by atoms with Crippen LogP contribution in [0, 0.1) is 0 Å². The van der Waals surface area contributed by atoms with E-state index in [0.717, 1.165) is 18.9 Å². The summed E-state index contributed by atoms with van der Waals surface area (Å²) in [5, 5.41) is 0. The van der Waals surface area contributed by atoms with Crippen LogP contribution in [-0.2, 0) is 19.1 Å². The van der Waals surface area contributed by atoms with E-state index >= 15 is 0 Å². The predicted octanol–water partition coefficient (Wildman–Crippen LogP) is 1.40. The molecule has 0 radical (unpaired) electrons. The predicted molar refractivity (Wildman–Crippen MR) is 67.5 cm³/mol. The van der Waals surface area contributed by atoms with Gasteiger partial charge in [-0.1, -0.05) is 6.07 Å². The van der Waals surface area contributed by atoms with Crippen LogP contribution in [0.5, 0.6) is 0 Å². The van der Waals surface area contributed by atoms with Gasteiger partial charge in [-0.05, 0) is 31.0 Å². The maximum absolute atomic E-state index is 12.2. The van der Waals surface area contributed by atoms with E-state index in [2.05, 4.69) is 0 Å². The molecule has 5 nitrogen and oxygen atoms in total. The Hall–Kier alpha value is -0.630. The van der Waals surface area contributed by atoms with Crippen LogP contribution in [-0.4, -0.2) is 34.2 Å². The number of hydrogen-bond donors (Lipinski definition) is 0. The third-order valence-electron chi connectivity index (χ3n) is 2.79. The fraction of sp³-hybridized carbons (Fsp3) is 0.400. The van der Waals surface area contributed by atoms with Gasteiger partial charge in [0.05, 0.1) is 9.79 Å². The zero-order chi connectivity index (χ0) is 13.4. The minimum Gasteiger partial charge on any atom is -0.207 e. The summed E-state index contributed by atoms with van der Waals surface area (Å²) >= 11 is 0. The minimum atomic E-state index is -3.92. The molecular formula is C10H12ClNO4S2. The smallest absolute Gasteiger partial charge is 0.207 e. The molecule has 2 rings (SSSR count). The first-order chi connectivity index (χ1) is 8.32. The lowest BCUT2D eigenvalue weighted by molar-refractivity contribution is 0.477. The third-order valence-corrected chi connectivity index (χ3v) is 6.04. The maximum atomic E-state index is 12.2. The topological polar surface area (TPSA) is 71.5 Å². The number of halogens is 1. The maximum Gasteiger partial charge on any atom is 0.261 e. The van der Waals surface area contributed by atoms with Crippen molar-refractivity contribution in [2.75, 3.05) is 13.1 Å². The average molecular weight is 310 g/mol. The van der Waals surface area contributed by atoms with Gasteiger partial charge in [0, 0.05) is 23.8 Å². The van der Waals surface area contributed by atoms with Crippen molar-refractivity contribution in [1.29, 1.82) is 0 Å². The molecule has 1 aliphatic heterocycles. The molecule has 1 aliphatic rings. The SMILES string of the molecule is O=S(=O)(Cl)c1cccc(S(=O)(=O)N2CCCC2)c1. The highest BCUT2D eigenvalue weighted by atomic mass is 35.7. The van der Waals surface area contributed by atoms with Crippen molar-refractivity contribution in [2.45, 2.75) is 22.6 Å². The number of benzene rings is 1. The Balaban J connectivity index is 2.45. The molecule has 0 spiro atoms. The van der Waals surface area contributed by atoms with E-state index < -0.39 is 19.1 Å². The van der Waals surface area contributed by atoms with E-state index in [1.165, 1.54) is 22.5 Å². The summed E-state index contributed by atoms with van der Waals surface area (Å²) < 4.78 is 48.1. The molecule has 1 heterocycles. The van der Waals surface area contributed by atoms with Gasteiger partial charge in [0.1, 0.15) is 0 Å². The molecule has 0 bridgehead atoms. The fourth-order valence-corrected chi connectivity index (χ4v) is 4.30. The van der Waals surface area contributed by atoms with Crippen LogP contribution in [0.3, 0.4) is 0 Å². The standard InChI is InChI=1S/C10H12ClNO4S2/c11-17(13,14)9-4-3-5-10(8-9)18(15,16)12-6-1-2-7-12/h3-5,8H,1-2,6-7H2. The first kappa shape index (κ1) is 13.8. The summed E-state index contributed by atoms with van der Waals surface area (Å²) in [7, 11) is -2.33. The van der Waals surface area contributed by atoms with Gasteiger partial charge >= 0.3 is 0 Å². The molecule has 8 heteroatoms. The van der Waals surface area contributed by atoms with Gasteiger partial charge in [-0.25, -0.2) is 16.8 Å². The Morgan fingerprint density at radius 2 is 1.56 bits per heavy atom. The first-order valence-corrected chi connectivity index (χ1v) is 9.12. The quantitative estimate of drug-likeness (QED) is 0.791. The fourth-order valence-electron chi connectivity index (χ4n) is 1.86. The van der Waals surface area contributed by atoms with Gasteiger partial charge in [-0.2, -0.15) is 4.31 Å². The zero-order valence-corrected chi connectivity index (χ0v) is 11.8. The monoisotopic (exact) mass is 309 g/mol. The lowest BCUT2D eigenvalue weighted by Crippen LogP contribution is -2.27. The highest BCUT2D eigenvalue weighted by Crippen LogP contribution is 2.24. The number of rotatable bonds is 3. The first-order valence-electron chi connectivity index (χ1n) is 5.37. The van der Waals surface area contributed by atoms with Crippen molar-refractivity contribution >= 4 is 29.8 Å². The van der Waals surface area contributed by atoms with Crippen LogP contribution in [0.2, 0.25) is 0 Å². The van der Waals surface area contributed by atoms with Gasteiger partial charge in [-0.3, -0.25) is 0 Å². The summed E-state index contributed by atoms with van der Waals surface area (Å²) in [5.41, 5.74) is 0. The van der Waals surface area contributed by atoms with Crippen LogP contribution >= 0.6 is 10.7 Å². The van der Waals surface area contributed by atoms with Crippen molar-refractivity contribution in [2.24, 2.45) is 0 Å². The van der Waals surface area contributed by atoms with Gasteiger partial charge in [0.2, 0.25) is 10.0 Å². The van der Waals surface area contributed by atoms with Crippen molar-refractivity contribution in [1.82, 2.24) is 4.31 Å². The normalized spacial score (nSPS) is 18.1. The molecule has 0 N–H and O–H groups in total. The van der Waals surface area contributed by atoms with E-state index in [9.17, 15) is 16.8 Å². The zero-order valence-electron chi connectivity index (χ0n) is 9.41. The van der Waals surface area contributed by atoms with E-state index in [0.29, 0.717) is 13.1 Å². The summed E-state index contributed by atoms with van der Waals surface area (Å²) in [6.45, 7) is 0.945. The molecule has 1 saturated heterocycles. The summed E-state index contributed by atoms with van der Waals surface area (Å²) in [6.07, 6.45) is 1.65. The molecule has 1 aromatic carbocycles. The molecular weight excluding hydrogens is 298 g/mol. The molecule has 1 fully saturated rings. The van der Waals surface area contributed by atoms with Crippen LogP contribution in [0.25, 0.3) is 0 Å². The van der Waals surface area contributed by atoms with Crippen molar-refractivity contribution < 1.29 is 16.8 Å². The summed E-state index contributed by atoms with van der Waals surface area (Å²) in [5.74, 6) is 0. The molecule has 0 atom stereocenters. The molecule has 0 amide bonds. The lowest BCUT2D eigenvalue weighted by Gasteiger charge is -2.15. The van der Waals surface area contributed by atoms with Gasteiger partial charge in [-0.15, -0.1) is 0 Å². The Morgan fingerprint density at radius 3 is 2.11 bits per heavy atom. The van der Waals surface area contributed by atoms with Gasteiger partial charge in [0.25, 0.3) is 9.05 Å². The van der Waals surface area contributed by atoms with Crippen LogP contribution < -0.4 is 0 Å². The Morgan fingerprint density at radius 1 is 1.00 bits per heavy atom. The lowest BCUT2D eigenvalue weighted by atomic mass is 10.4.